The molecule has 0 saturated carbocycles. The normalized spacial score (nSPS) is 18.4. The molecule has 4 heteroatoms. The van der Waals surface area contributed by atoms with Gasteiger partial charge in [-0.15, -0.1) is 10.2 Å². The molecule has 0 bridgehead atoms. The van der Waals surface area contributed by atoms with Crippen LogP contribution in [0.25, 0.3) is 0 Å². The Balaban J connectivity index is 2.59. The SMILES string of the molecule is COC1=NN=C(Br)CC1. The highest BCUT2D eigenvalue weighted by Crippen LogP contribution is 2.08. The maximum absolute atomic E-state index is 4.86. The molecule has 0 spiro atoms. The van der Waals surface area contributed by atoms with E-state index < -0.39 is 0 Å². The third-order valence-corrected chi connectivity index (χ3v) is 1.61. The van der Waals surface area contributed by atoms with Gasteiger partial charge in [-0.3, -0.25) is 0 Å². The highest BCUT2D eigenvalue weighted by Gasteiger charge is 2.05. The summed E-state index contributed by atoms with van der Waals surface area (Å²) in [6.45, 7) is 0. The zero-order valence-electron chi connectivity index (χ0n) is 5.09. The second kappa shape index (κ2) is 2.96. The minimum atomic E-state index is 0.707. The summed E-state index contributed by atoms with van der Waals surface area (Å²) in [4.78, 5) is 0. The number of hydrogen-bond donors (Lipinski definition) is 0. The van der Waals surface area contributed by atoms with Crippen molar-refractivity contribution in [3.63, 3.8) is 0 Å². The molecular formula is C5H7BrN2O. The minimum Gasteiger partial charge on any atom is -0.483 e. The van der Waals surface area contributed by atoms with Gasteiger partial charge in [0.25, 0.3) is 0 Å². The Hall–Kier alpha value is -0.380. The van der Waals surface area contributed by atoms with Crippen LogP contribution in [-0.2, 0) is 4.74 Å². The van der Waals surface area contributed by atoms with Crippen LogP contribution in [0.5, 0.6) is 0 Å². The quantitative estimate of drug-likeness (QED) is 0.571. The highest BCUT2D eigenvalue weighted by atomic mass is 79.9. The van der Waals surface area contributed by atoms with Gasteiger partial charge >= 0.3 is 0 Å². The predicted octanol–water partition coefficient (Wildman–Crippen LogP) is 1.53. The van der Waals surface area contributed by atoms with Crippen LogP contribution in [0.2, 0.25) is 0 Å². The van der Waals surface area contributed by atoms with Crippen molar-refractivity contribution in [3.05, 3.63) is 0 Å². The monoisotopic (exact) mass is 190 g/mol. The molecule has 1 rings (SSSR count). The van der Waals surface area contributed by atoms with Gasteiger partial charge < -0.3 is 4.74 Å². The number of methoxy groups -OCH3 is 1. The molecule has 1 aliphatic rings. The molecule has 0 atom stereocenters. The Morgan fingerprint density at radius 2 is 2.22 bits per heavy atom. The van der Waals surface area contributed by atoms with E-state index in [1.165, 1.54) is 0 Å². The molecule has 0 amide bonds. The van der Waals surface area contributed by atoms with E-state index >= 15 is 0 Å². The van der Waals surface area contributed by atoms with E-state index in [-0.39, 0.29) is 0 Å². The Morgan fingerprint density at radius 3 is 2.67 bits per heavy atom. The number of halogens is 1. The maximum atomic E-state index is 4.86. The van der Waals surface area contributed by atoms with Gasteiger partial charge in [-0.2, -0.15) is 0 Å². The molecule has 0 aliphatic carbocycles. The van der Waals surface area contributed by atoms with Crippen molar-refractivity contribution >= 4 is 26.4 Å². The predicted molar refractivity (Wildman–Crippen MR) is 40.0 cm³/mol. The fourth-order valence-corrected chi connectivity index (χ4v) is 0.841. The highest BCUT2D eigenvalue weighted by molar-refractivity contribution is 9.18. The van der Waals surface area contributed by atoms with Crippen LogP contribution in [0.3, 0.4) is 0 Å². The molecular weight excluding hydrogens is 184 g/mol. The third-order valence-electron chi connectivity index (χ3n) is 1.05. The number of nitrogens with zero attached hydrogens (tertiary/aromatic N) is 2. The van der Waals surface area contributed by atoms with Gasteiger partial charge in [0.2, 0.25) is 5.90 Å². The van der Waals surface area contributed by atoms with Gasteiger partial charge in [0.15, 0.2) is 0 Å². The van der Waals surface area contributed by atoms with Crippen molar-refractivity contribution in [2.24, 2.45) is 10.2 Å². The van der Waals surface area contributed by atoms with E-state index in [2.05, 4.69) is 26.1 Å². The first-order chi connectivity index (χ1) is 4.33. The first-order valence-corrected chi connectivity index (χ1v) is 3.45. The topological polar surface area (TPSA) is 34.0 Å². The maximum Gasteiger partial charge on any atom is 0.208 e. The van der Waals surface area contributed by atoms with Gasteiger partial charge in [-0.05, 0) is 15.9 Å². The van der Waals surface area contributed by atoms with E-state index in [0.29, 0.717) is 5.90 Å². The summed E-state index contributed by atoms with van der Waals surface area (Å²) in [6, 6.07) is 0. The molecule has 1 heterocycles. The molecule has 50 valence electrons. The summed E-state index contributed by atoms with van der Waals surface area (Å²) in [5.41, 5.74) is 0. The zero-order valence-corrected chi connectivity index (χ0v) is 6.68. The van der Waals surface area contributed by atoms with E-state index in [0.717, 1.165) is 17.5 Å². The van der Waals surface area contributed by atoms with Gasteiger partial charge in [-0.1, -0.05) is 0 Å². The lowest BCUT2D eigenvalue weighted by atomic mass is 10.3. The Kier molecular flexibility index (Phi) is 2.22. The van der Waals surface area contributed by atoms with E-state index in [9.17, 15) is 0 Å². The summed E-state index contributed by atoms with van der Waals surface area (Å²) in [5, 5.41) is 7.54. The van der Waals surface area contributed by atoms with Crippen LogP contribution in [0.15, 0.2) is 10.2 Å². The van der Waals surface area contributed by atoms with Gasteiger partial charge in [0, 0.05) is 12.8 Å². The van der Waals surface area contributed by atoms with E-state index in [1.54, 1.807) is 7.11 Å². The van der Waals surface area contributed by atoms with Crippen LogP contribution in [0, 0.1) is 0 Å². The van der Waals surface area contributed by atoms with Crippen molar-refractivity contribution in [2.45, 2.75) is 12.8 Å². The molecule has 0 radical (unpaired) electrons. The Labute approximate surface area is 61.9 Å². The lowest BCUT2D eigenvalue weighted by Crippen LogP contribution is -2.06. The lowest BCUT2D eigenvalue weighted by molar-refractivity contribution is 0.388. The molecule has 0 aromatic rings. The Morgan fingerprint density at radius 1 is 1.44 bits per heavy atom. The molecule has 0 N–H and O–H groups in total. The number of hydrogen-bond acceptors (Lipinski definition) is 3. The first-order valence-electron chi connectivity index (χ1n) is 2.66. The van der Waals surface area contributed by atoms with Crippen molar-refractivity contribution in [2.75, 3.05) is 7.11 Å². The molecule has 0 fully saturated rings. The smallest absolute Gasteiger partial charge is 0.208 e. The second-order valence-corrected chi connectivity index (χ2v) is 2.59. The average Bonchev–Trinajstić information content (AvgIpc) is 1.90. The average molecular weight is 191 g/mol. The molecule has 1 aliphatic heterocycles. The van der Waals surface area contributed by atoms with Gasteiger partial charge in [-0.25, -0.2) is 0 Å². The molecule has 0 aromatic heterocycles. The van der Waals surface area contributed by atoms with Crippen molar-refractivity contribution in [3.8, 4) is 0 Å². The third kappa shape index (κ3) is 1.78. The summed E-state index contributed by atoms with van der Waals surface area (Å²) < 4.78 is 5.75. The fourth-order valence-electron chi connectivity index (χ4n) is 0.563. The summed E-state index contributed by atoms with van der Waals surface area (Å²) in [6.07, 6.45) is 1.74. The first kappa shape index (κ1) is 6.74. The van der Waals surface area contributed by atoms with Gasteiger partial charge in [0.05, 0.1) is 7.11 Å². The summed E-state index contributed by atoms with van der Waals surface area (Å²) in [7, 11) is 1.60. The molecule has 0 unspecified atom stereocenters. The van der Waals surface area contributed by atoms with Crippen molar-refractivity contribution in [1.82, 2.24) is 0 Å². The number of ether oxygens (including phenoxy) is 1. The van der Waals surface area contributed by atoms with Crippen LogP contribution in [0.4, 0.5) is 0 Å². The van der Waals surface area contributed by atoms with E-state index in [4.69, 9.17) is 4.74 Å². The molecule has 3 nitrogen and oxygen atoms in total. The minimum absolute atomic E-state index is 0.707. The number of rotatable bonds is 0. The standard InChI is InChI=1S/C5H7BrN2O/c1-9-5-3-2-4(6)7-8-5/h2-3H2,1H3. The van der Waals surface area contributed by atoms with Crippen LogP contribution in [0.1, 0.15) is 12.8 Å². The van der Waals surface area contributed by atoms with Gasteiger partial charge in [0.1, 0.15) is 4.62 Å². The summed E-state index contributed by atoms with van der Waals surface area (Å²) in [5.74, 6) is 0.707. The molecule has 9 heavy (non-hydrogen) atoms. The molecule has 0 saturated heterocycles. The van der Waals surface area contributed by atoms with Crippen molar-refractivity contribution < 1.29 is 4.74 Å². The fraction of sp³-hybridized carbons (Fsp3) is 0.600. The van der Waals surface area contributed by atoms with Crippen LogP contribution < -0.4 is 0 Å². The molecule has 0 aromatic carbocycles. The Bertz CT molecular complexity index is 164. The summed E-state index contributed by atoms with van der Waals surface area (Å²) >= 11 is 3.23. The zero-order chi connectivity index (χ0) is 6.69. The van der Waals surface area contributed by atoms with Crippen LogP contribution >= 0.6 is 15.9 Å². The van der Waals surface area contributed by atoms with Crippen LogP contribution in [-0.4, -0.2) is 17.6 Å². The largest absolute Gasteiger partial charge is 0.483 e. The van der Waals surface area contributed by atoms with Crippen molar-refractivity contribution in [1.29, 1.82) is 0 Å². The second-order valence-electron chi connectivity index (χ2n) is 1.67. The van der Waals surface area contributed by atoms with E-state index in [1.807, 2.05) is 0 Å². The lowest BCUT2D eigenvalue weighted by Gasteiger charge is -2.05.